The third-order valence-electron chi connectivity index (χ3n) is 2.45. The maximum absolute atomic E-state index is 11.0. The highest BCUT2D eigenvalue weighted by Gasteiger charge is 2.25. The fraction of sp³-hybridized carbons (Fsp3) is 0.636. The van der Waals surface area contributed by atoms with Crippen molar-refractivity contribution in [3.63, 3.8) is 0 Å². The van der Waals surface area contributed by atoms with Gasteiger partial charge in [0.15, 0.2) is 0 Å². The fourth-order valence-corrected chi connectivity index (χ4v) is 1.80. The van der Waals surface area contributed by atoms with E-state index in [1.54, 1.807) is 0 Å². The molecule has 19 heavy (non-hydrogen) atoms. The van der Waals surface area contributed by atoms with Crippen LogP contribution in [0.4, 0.5) is 11.6 Å². The highest BCUT2D eigenvalue weighted by atomic mass is 16.6. The molecular weight excluding hydrogens is 250 g/mol. The number of rotatable bonds is 6. The average Bonchev–Trinajstić information content (AvgIpc) is 2.26. The minimum absolute atomic E-state index is 0.0569. The van der Waals surface area contributed by atoms with Gasteiger partial charge in [0.2, 0.25) is 5.95 Å². The minimum atomic E-state index is -0.549. The summed E-state index contributed by atoms with van der Waals surface area (Å²) in [6, 6.07) is 0. The van der Waals surface area contributed by atoms with Crippen LogP contribution >= 0.6 is 0 Å². The number of nitrogens with zero attached hydrogens (tertiary/aromatic N) is 3. The molecule has 0 spiro atoms. The van der Waals surface area contributed by atoms with Crippen molar-refractivity contribution in [1.82, 2.24) is 9.97 Å². The van der Waals surface area contributed by atoms with E-state index in [9.17, 15) is 10.1 Å². The van der Waals surface area contributed by atoms with Gasteiger partial charge in [-0.15, -0.1) is 0 Å². The van der Waals surface area contributed by atoms with Gasteiger partial charge in [0.05, 0.1) is 11.0 Å². The lowest BCUT2D eigenvalue weighted by molar-refractivity contribution is -0.387. The summed E-state index contributed by atoms with van der Waals surface area (Å²) in [6.45, 7) is 7.45. The van der Waals surface area contributed by atoms with Crippen molar-refractivity contribution >= 4 is 11.6 Å². The Kier molecular flexibility index (Phi) is 4.99. The van der Waals surface area contributed by atoms with Crippen LogP contribution in [-0.2, 0) is 0 Å². The van der Waals surface area contributed by atoms with E-state index in [-0.39, 0.29) is 29.3 Å². The van der Waals surface area contributed by atoms with Crippen molar-refractivity contribution in [2.75, 3.05) is 5.43 Å². The van der Waals surface area contributed by atoms with Gasteiger partial charge in [0.25, 0.3) is 5.88 Å². The summed E-state index contributed by atoms with van der Waals surface area (Å²) in [5, 5.41) is 11.0. The Morgan fingerprint density at radius 3 is 2.53 bits per heavy atom. The van der Waals surface area contributed by atoms with Crippen molar-refractivity contribution in [3.05, 3.63) is 15.8 Å². The number of nitrogens with one attached hydrogen (secondary N) is 1. The van der Waals surface area contributed by atoms with E-state index in [1.807, 2.05) is 20.8 Å². The third kappa shape index (κ3) is 4.02. The molecule has 1 aromatic heterocycles. The summed E-state index contributed by atoms with van der Waals surface area (Å²) < 4.78 is 5.55. The zero-order valence-corrected chi connectivity index (χ0v) is 11.5. The van der Waals surface area contributed by atoms with Gasteiger partial charge >= 0.3 is 5.69 Å². The average molecular weight is 269 g/mol. The van der Waals surface area contributed by atoms with Crippen LogP contribution in [0.3, 0.4) is 0 Å². The van der Waals surface area contributed by atoms with Gasteiger partial charge in [0, 0.05) is 0 Å². The molecule has 0 aromatic carbocycles. The largest absolute Gasteiger partial charge is 0.470 e. The Morgan fingerprint density at radius 2 is 2.05 bits per heavy atom. The topological polar surface area (TPSA) is 116 Å². The van der Waals surface area contributed by atoms with Gasteiger partial charge in [-0.25, -0.2) is 10.8 Å². The molecule has 0 aliphatic carbocycles. The first kappa shape index (κ1) is 15.1. The van der Waals surface area contributed by atoms with Crippen LogP contribution in [-0.4, -0.2) is 21.0 Å². The van der Waals surface area contributed by atoms with E-state index >= 15 is 0 Å². The summed E-state index contributed by atoms with van der Waals surface area (Å²) >= 11 is 0. The van der Waals surface area contributed by atoms with Crippen molar-refractivity contribution in [2.45, 2.75) is 40.2 Å². The van der Waals surface area contributed by atoms with E-state index in [0.29, 0.717) is 5.92 Å². The van der Waals surface area contributed by atoms with Crippen LogP contribution in [0.2, 0.25) is 0 Å². The molecule has 1 rings (SSSR count). The molecule has 1 unspecified atom stereocenters. The number of nitrogens with two attached hydrogens (primary N) is 1. The van der Waals surface area contributed by atoms with Crippen LogP contribution < -0.4 is 16.0 Å². The standard InChI is InChI=1S/C11H19N5O3/c1-6(2)5-7(3)19-10-9(16(17)18)8(4)13-11(14-10)15-12/h6-7H,5,12H2,1-4H3,(H,13,14,15). The zero-order chi connectivity index (χ0) is 14.6. The molecule has 0 aliphatic rings. The third-order valence-corrected chi connectivity index (χ3v) is 2.45. The van der Waals surface area contributed by atoms with Gasteiger partial charge in [-0.05, 0) is 26.2 Å². The number of hydrazine groups is 1. The Hall–Kier alpha value is -1.96. The predicted molar refractivity (Wildman–Crippen MR) is 70.8 cm³/mol. The number of hydrogen-bond acceptors (Lipinski definition) is 7. The monoisotopic (exact) mass is 269 g/mol. The summed E-state index contributed by atoms with van der Waals surface area (Å²) in [6.07, 6.45) is 0.588. The van der Waals surface area contributed by atoms with Crippen LogP contribution in [0.1, 0.15) is 32.9 Å². The molecular formula is C11H19N5O3. The van der Waals surface area contributed by atoms with Gasteiger partial charge < -0.3 is 4.74 Å². The number of aryl methyl sites for hydroxylation is 1. The molecule has 106 valence electrons. The maximum Gasteiger partial charge on any atom is 0.352 e. The second kappa shape index (κ2) is 6.28. The minimum Gasteiger partial charge on any atom is -0.470 e. The zero-order valence-electron chi connectivity index (χ0n) is 11.5. The smallest absolute Gasteiger partial charge is 0.352 e. The molecule has 3 N–H and O–H groups in total. The van der Waals surface area contributed by atoms with Crippen LogP contribution in [0, 0.1) is 23.0 Å². The Morgan fingerprint density at radius 1 is 1.42 bits per heavy atom. The molecule has 0 bridgehead atoms. The Balaban J connectivity index is 3.09. The van der Waals surface area contributed by atoms with Gasteiger partial charge in [-0.2, -0.15) is 4.98 Å². The molecule has 0 fully saturated rings. The molecule has 0 amide bonds. The summed E-state index contributed by atoms with van der Waals surface area (Å²) in [4.78, 5) is 18.3. The molecule has 1 atom stereocenters. The van der Waals surface area contributed by atoms with Gasteiger partial charge in [0.1, 0.15) is 5.69 Å². The molecule has 8 heteroatoms. The van der Waals surface area contributed by atoms with Crippen molar-refractivity contribution < 1.29 is 9.66 Å². The summed E-state index contributed by atoms with van der Waals surface area (Å²) in [7, 11) is 0. The first-order chi connectivity index (χ1) is 8.85. The Bertz CT molecular complexity index is 464. The molecule has 0 aliphatic heterocycles. The number of hydrogen-bond donors (Lipinski definition) is 2. The van der Waals surface area contributed by atoms with Crippen molar-refractivity contribution in [3.8, 4) is 5.88 Å². The van der Waals surface area contributed by atoms with Crippen molar-refractivity contribution in [1.29, 1.82) is 0 Å². The first-order valence-electron chi connectivity index (χ1n) is 6.01. The summed E-state index contributed by atoms with van der Waals surface area (Å²) in [5.74, 6) is 5.68. The lowest BCUT2D eigenvalue weighted by Gasteiger charge is -2.16. The summed E-state index contributed by atoms with van der Waals surface area (Å²) in [5.41, 5.74) is 2.24. The van der Waals surface area contributed by atoms with Crippen LogP contribution in [0.15, 0.2) is 0 Å². The lowest BCUT2D eigenvalue weighted by Crippen LogP contribution is -2.18. The molecule has 1 heterocycles. The van der Waals surface area contributed by atoms with Crippen molar-refractivity contribution in [2.24, 2.45) is 11.8 Å². The number of nitro groups is 1. The quantitative estimate of drug-likeness (QED) is 0.459. The van der Waals surface area contributed by atoms with Crippen LogP contribution in [0.25, 0.3) is 0 Å². The van der Waals surface area contributed by atoms with Gasteiger partial charge in [-0.3, -0.25) is 15.5 Å². The second-order valence-corrected chi connectivity index (χ2v) is 4.75. The molecule has 8 nitrogen and oxygen atoms in total. The SMILES string of the molecule is Cc1nc(NN)nc(OC(C)CC(C)C)c1[N+](=O)[O-]. The number of nitrogen functional groups attached to an aromatic ring is 1. The first-order valence-corrected chi connectivity index (χ1v) is 6.01. The fourth-order valence-electron chi connectivity index (χ4n) is 1.80. The number of aromatic nitrogens is 2. The predicted octanol–water partition coefficient (Wildman–Crippen LogP) is 1.79. The van der Waals surface area contributed by atoms with E-state index < -0.39 is 4.92 Å². The maximum atomic E-state index is 11.0. The lowest BCUT2D eigenvalue weighted by atomic mass is 10.1. The van der Waals surface area contributed by atoms with E-state index in [0.717, 1.165) is 6.42 Å². The van der Waals surface area contributed by atoms with Gasteiger partial charge in [-0.1, -0.05) is 13.8 Å². The van der Waals surface area contributed by atoms with E-state index in [2.05, 4.69) is 15.4 Å². The van der Waals surface area contributed by atoms with Crippen LogP contribution in [0.5, 0.6) is 5.88 Å². The molecule has 0 saturated carbocycles. The van der Waals surface area contributed by atoms with E-state index in [1.165, 1.54) is 6.92 Å². The molecule has 1 aromatic rings. The highest BCUT2D eigenvalue weighted by Crippen LogP contribution is 2.29. The second-order valence-electron chi connectivity index (χ2n) is 4.75. The number of anilines is 1. The highest BCUT2D eigenvalue weighted by molar-refractivity contribution is 5.48. The number of ether oxygens (including phenoxy) is 1. The van der Waals surface area contributed by atoms with E-state index in [4.69, 9.17) is 10.6 Å². The Labute approximate surface area is 111 Å². The normalized spacial score (nSPS) is 12.3. The molecule has 0 saturated heterocycles. The molecule has 0 radical (unpaired) electrons.